The van der Waals surface area contributed by atoms with Gasteiger partial charge in [-0.05, 0) is 19.3 Å². The lowest BCUT2D eigenvalue weighted by Crippen LogP contribution is -2.16. The van der Waals surface area contributed by atoms with E-state index in [0.717, 1.165) is 30.6 Å². The maximum absolute atomic E-state index is 5.66. The fraction of sp³-hybridized carbons (Fsp3) is 0.667. The normalized spacial score (nSPS) is 15.4. The van der Waals surface area contributed by atoms with Crippen LogP contribution in [-0.4, -0.2) is 23.1 Å². The van der Waals surface area contributed by atoms with Crippen molar-refractivity contribution in [2.45, 2.75) is 32.6 Å². The Bertz CT molecular complexity index is 362. The summed E-state index contributed by atoms with van der Waals surface area (Å²) in [7, 11) is 0. The molecule has 0 amide bonds. The predicted octanol–water partition coefficient (Wildman–Crippen LogP) is 2.09. The molecule has 5 heteroatoms. The summed E-state index contributed by atoms with van der Waals surface area (Å²) in [6.45, 7) is 3.83. The molecule has 1 saturated carbocycles. The molecular weight excluding hydrogens is 214 g/mol. The summed E-state index contributed by atoms with van der Waals surface area (Å²) >= 11 is 0. The first-order valence-electron chi connectivity index (χ1n) is 6.40. The van der Waals surface area contributed by atoms with E-state index in [2.05, 4.69) is 20.6 Å². The van der Waals surface area contributed by atoms with Gasteiger partial charge >= 0.3 is 0 Å². The third-order valence-corrected chi connectivity index (χ3v) is 3.18. The fourth-order valence-corrected chi connectivity index (χ4v) is 2.01. The van der Waals surface area contributed by atoms with Crippen molar-refractivity contribution in [2.75, 3.05) is 29.5 Å². The fourth-order valence-electron chi connectivity index (χ4n) is 2.01. The maximum atomic E-state index is 5.66. The van der Waals surface area contributed by atoms with Crippen LogP contribution in [0.25, 0.3) is 0 Å². The molecular formula is C12H21N5. The Hall–Kier alpha value is -1.52. The molecule has 1 aliphatic rings. The average molecular weight is 235 g/mol. The number of rotatable bonds is 6. The van der Waals surface area contributed by atoms with Crippen LogP contribution in [0.5, 0.6) is 0 Å². The molecule has 1 aromatic heterocycles. The predicted molar refractivity (Wildman–Crippen MR) is 71.1 cm³/mol. The van der Waals surface area contributed by atoms with Crippen molar-refractivity contribution in [1.29, 1.82) is 0 Å². The number of nitrogen functional groups attached to an aromatic ring is 1. The Kier molecular flexibility index (Phi) is 4.01. The van der Waals surface area contributed by atoms with Gasteiger partial charge in [0.25, 0.3) is 0 Å². The number of aromatic nitrogens is 2. The molecule has 1 fully saturated rings. The van der Waals surface area contributed by atoms with E-state index in [1.165, 1.54) is 25.7 Å². The number of hydrogen-bond acceptors (Lipinski definition) is 5. The summed E-state index contributed by atoms with van der Waals surface area (Å²) < 4.78 is 0. The van der Waals surface area contributed by atoms with E-state index >= 15 is 0 Å². The van der Waals surface area contributed by atoms with Crippen molar-refractivity contribution in [1.82, 2.24) is 9.97 Å². The molecule has 0 saturated heterocycles. The van der Waals surface area contributed by atoms with E-state index in [1.54, 1.807) is 0 Å². The topological polar surface area (TPSA) is 75.9 Å². The Morgan fingerprint density at radius 3 is 2.59 bits per heavy atom. The van der Waals surface area contributed by atoms with E-state index in [0.29, 0.717) is 5.95 Å². The minimum Gasteiger partial charge on any atom is -0.370 e. The highest BCUT2D eigenvalue weighted by Crippen LogP contribution is 2.29. The van der Waals surface area contributed by atoms with Gasteiger partial charge < -0.3 is 16.4 Å². The number of nitrogens with two attached hydrogens (primary N) is 1. The standard InChI is InChI=1S/C12H21N5/c1-2-14-10-8-11(17-12(13)16-10)15-7-6-9-4-3-5-9/h8-9H,2-7H2,1H3,(H4,13,14,15,16,17). The molecule has 17 heavy (non-hydrogen) atoms. The van der Waals surface area contributed by atoms with Gasteiger partial charge in [-0.15, -0.1) is 0 Å². The summed E-state index contributed by atoms with van der Waals surface area (Å²) in [6.07, 6.45) is 5.39. The first kappa shape index (κ1) is 12.0. The second-order valence-electron chi connectivity index (χ2n) is 4.54. The lowest BCUT2D eigenvalue weighted by atomic mass is 9.83. The molecule has 5 nitrogen and oxygen atoms in total. The second-order valence-corrected chi connectivity index (χ2v) is 4.54. The molecule has 0 atom stereocenters. The van der Waals surface area contributed by atoms with Crippen molar-refractivity contribution in [2.24, 2.45) is 5.92 Å². The van der Waals surface area contributed by atoms with Crippen LogP contribution < -0.4 is 16.4 Å². The van der Waals surface area contributed by atoms with Crippen LogP contribution in [0.3, 0.4) is 0 Å². The van der Waals surface area contributed by atoms with Crippen LogP contribution in [0.4, 0.5) is 17.6 Å². The Balaban J connectivity index is 1.85. The Morgan fingerprint density at radius 2 is 2.00 bits per heavy atom. The third kappa shape index (κ3) is 3.47. The summed E-state index contributed by atoms with van der Waals surface area (Å²) in [5, 5.41) is 6.45. The van der Waals surface area contributed by atoms with Crippen LogP contribution in [0.1, 0.15) is 32.6 Å². The van der Waals surface area contributed by atoms with E-state index < -0.39 is 0 Å². The van der Waals surface area contributed by atoms with Crippen LogP contribution in [0, 0.1) is 5.92 Å². The lowest BCUT2D eigenvalue weighted by molar-refractivity contribution is 0.303. The zero-order valence-electron chi connectivity index (χ0n) is 10.4. The van der Waals surface area contributed by atoms with Gasteiger partial charge in [-0.2, -0.15) is 9.97 Å². The second kappa shape index (κ2) is 5.70. The van der Waals surface area contributed by atoms with Gasteiger partial charge in [0.15, 0.2) is 0 Å². The Morgan fingerprint density at radius 1 is 1.29 bits per heavy atom. The summed E-state index contributed by atoms with van der Waals surface area (Å²) in [5.74, 6) is 2.82. The van der Waals surface area contributed by atoms with Crippen molar-refractivity contribution in [3.8, 4) is 0 Å². The quantitative estimate of drug-likeness (QED) is 0.704. The number of anilines is 3. The molecule has 0 radical (unpaired) electrons. The van der Waals surface area contributed by atoms with E-state index in [-0.39, 0.29) is 0 Å². The first-order chi connectivity index (χ1) is 8.28. The van der Waals surface area contributed by atoms with Crippen LogP contribution in [-0.2, 0) is 0 Å². The van der Waals surface area contributed by atoms with E-state index in [4.69, 9.17) is 5.73 Å². The molecule has 4 N–H and O–H groups in total. The highest BCUT2D eigenvalue weighted by atomic mass is 15.1. The van der Waals surface area contributed by atoms with Gasteiger partial charge in [0, 0.05) is 19.2 Å². The zero-order chi connectivity index (χ0) is 12.1. The van der Waals surface area contributed by atoms with Gasteiger partial charge in [-0.1, -0.05) is 19.3 Å². The molecule has 1 aliphatic carbocycles. The SMILES string of the molecule is CCNc1cc(NCCC2CCC2)nc(N)n1. The van der Waals surface area contributed by atoms with Gasteiger partial charge in [-0.3, -0.25) is 0 Å². The highest BCUT2D eigenvalue weighted by molar-refractivity contribution is 5.50. The summed E-state index contributed by atoms with van der Waals surface area (Å²) in [4.78, 5) is 8.28. The molecule has 1 heterocycles. The molecule has 0 aromatic carbocycles. The van der Waals surface area contributed by atoms with E-state index in [1.807, 2.05) is 13.0 Å². The molecule has 94 valence electrons. The van der Waals surface area contributed by atoms with Gasteiger partial charge in [0.05, 0.1) is 0 Å². The minimum atomic E-state index is 0.314. The van der Waals surface area contributed by atoms with Crippen molar-refractivity contribution < 1.29 is 0 Å². The number of hydrogen-bond donors (Lipinski definition) is 3. The lowest BCUT2D eigenvalue weighted by Gasteiger charge is -2.25. The highest BCUT2D eigenvalue weighted by Gasteiger charge is 2.16. The zero-order valence-corrected chi connectivity index (χ0v) is 10.4. The summed E-state index contributed by atoms with van der Waals surface area (Å²) in [6, 6.07) is 1.90. The molecule has 0 spiro atoms. The molecule has 0 bridgehead atoms. The van der Waals surface area contributed by atoms with Crippen molar-refractivity contribution in [3.63, 3.8) is 0 Å². The van der Waals surface area contributed by atoms with Gasteiger partial charge in [-0.25, -0.2) is 0 Å². The minimum absolute atomic E-state index is 0.314. The van der Waals surface area contributed by atoms with Crippen LogP contribution in [0.2, 0.25) is 0 Å². The van der Waals surface area contributed by atoms with Crippen LogP contribution in [0.15, 0.2) is 6.07 Å². The van der Waals surface area contributed by atoms with Crippen molar-refractivity contribution in [3.05, 3.63) is 6.07 Å². The monoisotopic (exact) mass is 235 g/mol. The average Bonchev–Trinajstić information content (AvgIpc) is 2.21. The van der Waals surface area contributed by atoms with Crippen molar-refractivity contribution >= 4 is 17.6 Å². The van der Waals surface area contributed by atoms with E-state index in [9.17, 15) is 0 Å². The Labute approximate surface area is 102 Å². The third-order valence-electron chi connectivity index (χ3n) is 3.18. The smallest absolute Gasteiger partial charge is 0.223 e. The maximum Gasteiger partial charge on any atom is 0.223 e. The molecule has 0 aliphatic heterocycles. The largest absolute Gasteiger partial charge is 0.370 e. The molecule has 1 aromatic rings. The first-order valence-corrected chi connectivity index (χ1v) is 6.40. The number of nitrogens with one attached hydrogen (secondary N) is 2. The summed E-state index contributed by atoms with van der Waals surface area (Å²) in [5.41, 5.74) is 5.66. The van der Waals surface area contributed by atoms with Crippen LogP contribution >= 0.6 is 0 Å². The molecule has 0 unspecified atom stereocenters. The van der Waals surface area contributed by atoms with Gasteiger partial charge in [0.2, 0.25) is 5.95 Å². The molecule has 2 rings (SSSR count). The number of nitrogens with zero attached hydrogens (tertiary/aromatic N) is 2. The van der Waals surface area contributed by atoms with Gasteiger partial charge in [0.1, 0.15) is 11.6 Å².